The van der Waals surface area contributed by atoms with Crippen LogP contribution < -0.4 is 33.2 Å². The quantitative estimate of drug-likeness (QED) is 0.0572. The second-order valence-corrected chi connectivity index (χ2v) is 9.44. The SMILES string of the molecule is CC(C)CC(N)C(=O)NC(Cc1ccccc1)C(=O)NC(CS)C(=O)NC(CCCN=C(N)N)C(=O)O. The van der Waals surface area contributed by atoms with E-state index in [0.29, 0.717) is 12.8 Å². The molecule has 3 amide bonds. The molecule has 0 saturated heterocycles. The molecule has 10 N–H and O–H groups in total. The van der Waals surface area contributed by atoms with Crippen molar-refractivity contribution in [1.82, 2.24) is 16.0 Å². The molecule has 1 aromatic rings. The third-order valence-electron chi connectivity index (χ3n) is 5.35. The number of aliphatic imine (C=N–C) groups is 1. The molecule has 206 valence electrons. The Kier molecular flexibility index (Phi) is 14.1. The number of guanidine groups is 1. The lowest BCUT2D eigenvalue weighted by Gasteiger charge is -2.25. The van der Waals surface area contributed by atoms with Crippen molar-refractivity contribution in [3.63, 3.8) is 0 Å². The molecule has 0 aliphatic rings. The van der Waals surface area contributed by atoms with E-state index in [2.05, 4.69) is 33.6 Å². The first-order valence-electron chi connectivity index (χ1n) is 12.0. The average molecular weight is 538 g/mol. The van der Waals surface area contributed by atoms with Gasteiger partial charge in [-0.15, -0.1) is 0 Å². The highest BCUT2D eigenvalue weighted by Gasteiger charge is 2.30. The van der Waals surface area contributed by atoms with Gasteiger partial charge in [0, 0.05) is 18.7 Å². The van der Waals surface area contributed by atoms with Gasteiger partial charge in [0.25, 0.3) is 0 Å². The first kappa shape index (κ1) is 31.7. The van der Waals surface area contributed by atoms with Gasteiger partial charge in [-0.2, -0.15) is 12.6 Å². The minimum Gasteiger partial charge on any atom is -0.480 e. The fraction of sp³-hybridized carbons (Fsp3) is 0.542. The zero-order chi connectivity index (χ0) is 28.0. The third-order valence-corrected chi connectivity index (χ3v) is 5.72. The maximum absolute atomic E-state index is 13.2. The van der Waals surface area contributed by atoms with Crippen LogP contribution in [0.3, 0.4) is 0 Å². The Hall–Kier alpha value is -3.32. The number of rotatable bonds is 16. The fourth-order valence-electron chi connectivity index (χ4n) is 3.45. The van der Waals surface area contributed by atoms with Gasteiger partial charge in [0.1, 0.15) is 18.1 Å². The Labute approximate surface area is 222 Å². The van der Waals surface area contributed by atoms with Crippen LogP contribution in [0.25, 0.3) is 0 Å². The van der Waals surface area contributed by atoms with Gasteiger partial charge in [0.05, 0.1) is 6.04 Å². The standard InChI is InChI=1S/C24H39N7O5S/c1-14(2)11-16(25)20(32)30-18(12-15-7-4-3-5-8-15)21(33)31-19(13-37)22(34)29-17(23(35)36)9-6-10-28-24(26)27/h3-5,7-8,14,16-19,37H,6,9-13,25H2,1-2H3,(H,29,34)(H,30,32)(H,31,33)(H,35,36)(H4,26,27,28). The minimum atomic E-state index is -1.24. The number of carbonyl (C=O) groups is 4. The molecule has 0 radical (unpaired) electrons. The Morgan fingerprint density at radius 2 is 1.51 bits per heavy atom. The molecule has 37 heavy (non-hydrogen) atoms. The van der Waals surface area contributed by atoms with E-state index >= 15 is 0 Å². The topological polar surface area (TPSA) is 215 Å². The predicted molar refractivity (Wildman–Crippen MR) is 145 cm³/mol. The summed E-state index contributed by atoms with van der Waals surface area (Å²) in [7, 11) is 0. The molecular formula is C24H39N7O5S. The molecule has 0 fully saturated rings. The molecule has 12 nitrogen and oxygen atoms in total. The van der Waals surface area contributed by atoms with Crippen molar-refractivity contribution in [3.8, 4) is 0 Å². The molecule has 0 spiro atoms. The molecule has 4 unspecified atom stereocenters. The second-order valence-electron chi connectivity index (χ2n) is 9.08. The molecular weight excluding hydrogens is 498 g/mol. The summed E-state index contributed by atoms with van der Waals surface area (Å²) in [5.41, 5.74) is 17.3. The Bertz CT molecular complexity index is 925. The van der Waals surface area contributed by atoms with Crippen molar-refractivity contribution in [2.75, 3.05) is 12.3 Å². The lowest BCUT2D eigenvalue weighted by Crippen LogP contribution is -2.58. The molecule has 1 rings (SSSR count). The van der Waals surface area contributed by atoms with Crippen LogP contribution in [0.1, 0.15) is 38.7 Å². The first-order chi connectivity index (χ1) is 17.4. The summed E-state index contributed by atoms with van der Waals surface area (Å²) in [6.07, 6.45) is 0.990. The van der Waals surface area contributed by atoms with E-state index in [1.165, 1.54) is 0 Å². The Morgan fingerprint density at radius 1 is 0.946 bits per heavy atom. The number of amides is 3. The Morgan fingerprint density at radius 3 is 2.05 bits per heavy atom. The summed E-state index contributed by atoms with van der Waals surface area (Å²) in [6, 6.07) is 4.88. The van der Waals surface area contributed by atoms with E-state index in [1.807, 2.05) is 32.0 Å². The van der Waals surface area contributed by atoms with Gasteiger partial charge < -0.3 is 38.3 Å². The van der Waals surface area contributed by atoms with Crippen LogP contribution in [0, 0.1) is 5.92 Å². The normalized spacial score (nSPS) is 14.1. The van der Waals surface area contributed by atoms with E-state index in [-0.39, 0.29) is 37.0 Å². The molecule has 0 aliphatic carbocycles. The maximum Gasteiger partial charge on any atom is 0.326 e. The van der Waals surface area contributed by atoms with E-state index < -0.39 is 47.9 Å². The minimum absolute atomic E-state index is 0.0749. The van der Waals surface area contributed by atoms with Crippen molar-refractivity contribution < 1.29 is 24.3 Å². The highest BCUT2D eigenvalue weighted by Crippen LogP contribution is 2.07. The third kappa shape index (κ3) is 12.5. The van der Waals surface area contributed by atoms with E-state index in [0.717, 1.165) is 5.56 Å². The van der Waals surface area contributed by atoms with E-state index in [9.17, 15) is 24.3 Å². The molecule has 0 aliphatic heterocycles. The lowest BCUT2D eigenvalue weighted by molar-refractivity contribution is -0.142. The van der Waals surface area contributed by atoms with Crippen LogP contribution in [0.2, 0.25) is 0 Å². The molecule has 13 heteroatoms. The van der Waals surface area contributed by atoms with Crippen molar-refractivity contribution in [2.45, 2.75) is 63.7 Å². The summed E-state index contributed by atoms with van der Waals surface area (Å²) in [4.78, 5) is 54.0. The summed E-state index contributed by atoms with van der Waals surface area (Å²) >= 11 is 4.14. The number of nitrogens with two attached hydrogens (primary N) is 3. The van der Waals surface area contributed by atoms with Crippen molar-refractivity contribution in [2.24, 2.45) is 28.1 Å². The van der Waals surface area contributed by atoms with E-state index in [1.54, 1.807) is 12.1 Å². The number of aliphatic carboxylic acids is 1. The summed E-state index contributed by atoms with van der Waals surface area (Å²) in [6.45, 7) is 4.07. The van der Waals surface area contributed by atoms with Gasteiger partial charge in [-0.3, -0.25) is 19.4 Å². The molecule has 0 bridgehead atoms. The van der Waals surface area contributed by atoms with Crippen LogP contribution in [0.5, 0.6) is 0 Å². The molecule has 4 atom stereocenters. The number of nitrogens with one attached hydrogen (secondary N) is 3. The zero-order valence-electron chi connectivity index (χ0n) is 21.2. The predicted octanol–water partition coefficient (Wildman–Crippen LogP) is -0.875. The number of carboxylic acid groups (broad SMARTS) is 1. The maximum atomic E-state index is 13.2. The van der Waals surface area contributed by atoms with Crippen LogP contribution in [0.15, 0.2) is 35.3 Å². The van der Waals surface area contributed by atoms with Crippen LogP contribution >= 0.6 is 12.6 Å². The van der Waals surface area contributed by atoms with Gasteiger partial charge in [-0.1, -0.05) is 44.2 Å². The summed E-state index contributed by atoms with van der Waals surface area (Å²) in [5, 5.41) is 17.1. The number of nitrogens with zero attached hydrogens (tertiary/aromatic N) is 1. The Balaban J connectivity index is 2.92. The van der Waals surface area contributed by atoms with Crippen LogP contribution in [0.4, 0.5) is 0 Å². The highest BCUT2D eigenvalue weighted by molar-refractivity contribution is 7.80. The number of carboxylic acids is 1. The number of hydrogen-bond acceptors (Lipinski definition) is 7. The van der Waals surface area contributed by atoms with Gasteiger partial charge in [0.15, 0.2) is 5.96 Å². The first-order valence-corrected chi connectivity index (χ1v) is 12.7. The smallest absolute Gasteiger partial charge is 0.326 e. The molecule has 0 aromatic heterocycles. The molecule has 0 heterocycles. The van der Waals surface area contributed by atoms with Gasteiger partial charge in [0.2, 0.25) is 17.7 Å². The zero-order valence-corrected chi connectivity index (χ0v) is 22.1. The van der Waals surface area contributed by atoms with Gasteiger partial charge >= 0.3 is 5.97 Å². The number of thiol groups is 1. The lowest BCUT2D eigenvalue weighted by atomic mass is 10.0. The van der Waals surface area contributed by atoms with Gasteiger partial charge in [-0.05, 0) is 30.7 Å². The van der Waals surface area contributed by atoms with Crippen molar-refractivity contribution >= 4 is 42.3 Å². The fourth-order valence-corrected chi connectivity index (χ4v) is 3.71. The molecule has 0 saturated carbocycles. The van der Waals surface area contributed by atoms with E-state index in [4.69, 9.17) is 17.2 Å². The van der Waals surface area contributed by atoms with Gasteiger partial charge in [-0.25, -0.2) is 4.79 Å². The van der Waals surface area contributed by atoms with Crippen molar-refractivity contribution in [1.29, 1.82) is 0 Å². The molecule has 1 aromatic carbocycles. The summed E-state index contributed by atoms with van der Waals surface area (Å²) < 4.78 is 0. The number of benzene rings is 1. The number of hydrogen-bond donors (Lipinski definition) is 8. The highest BCUT2D eigenvalue weighted by atomic mass is 32.1. The van der Waals surface area contributed by atoms with Crippen molar-refractivity contribution in [3.05, 3.63) is 35.9 Å². The monoisotopic (exact) mass is 537 g/mol. The van der Waals surface area contributed by atoms with Crippen LogP contribution in [-0.2, 0) is 25.6 Å². The van der Waals surface area contributed by atoms with Crippen LogP contribution in [-0.4, -0.2) is 71.2 Å². The second kappa shape index (κ2) is 16.4. The average Bonchev–Trinajstić information content (AvgIpc) is 2.83. The summed E-state index contributed by atoms with van der Waals surface area (Å²) in [5.74, 6) is -3.10. The number of carbonyl (C=O) groups excluding carboxylic acids is 3. The largest absolute Gasteiger partial charge is 0.480 e.